The van der Waals surface area contributed by atoms with E-state index in [9.17, 15) is 23.1 Å². The number of nitrogens with zero attached hydrogens (tertiary/aromatic N) is 2. The van der Waals surface area contributed by atoms with Gasteiger partial charge in [-0.2, -0.15) is 18.4 Å². The highest BCUT2D eigenvalue weighted by Crippen LogP contribution is 2.21. The maximum Gasteiger partial charge on any atom is 0.275 e. The average molecular weight is 472 g/mol. The zero-order valence-corrected chi connectivity index (χ0v) is 18.6. The molecule has 33 heavy (non-hydrogen) atoms. The van der Waals surface area contributed by atoms with E-state index >= 15 is 0 Å². The van der Waals surface area contributed by atoms with Crippen molar-refractivity contribution < 1.29 is 23.1 Å². The highest BCUT2D eigenvalue weighted by Gasteiger charge is 2.38. The average Bonchev–Trinajstić information content (AvgIpc) is 3.27. The topological polar surface area (TPSA) is 166 Å². The summed E-state index contributed by atoms with van der Waals surface area (Å²) >= 11 is 0. The second-order valence-corrected chi connectivity index (χ2v) is 9.13. The van der Waals surface area contributed by atoms with Crippen molar-refractivity contribution >= 4 is 22.0 Å². The Morgan fingerprint density at radius 3 is 2.39 bits per heavy atom. The Labute approximate surface area is 192 Å². The molecule has 10 nitrogen and oxygen atoms in total. The summed E-state index contributed by atoms with van der Waals surface area (Å²) in [6.07, 6.45) is 1.06. The molecule has 2 atom stereocenters. The lowest BCUT2D eigenvalue weighted by Gasteiger charge is -2.28. The minimum atomic E-state index is -4.19. The Kier molecular flexibility index (Phi) is 7.65. The standard InChI is InChI=1S/C22H25N5O5S/c23-13-16-3-5-17(6-4-16)14-25-21(29)20-2-1-11-27(20)22(30)19(26-33(24,31)32)12-15-7-9-18(28)10-8-15/h3-10,19-20,26,28H,1-2,11-12,14H2,(H,25,29)(H2,24,31,32)/t19-,20+/m1/s1. The van der Waals surface area contributed by atoms with Crippen LogP contribution >= 0.6 is 0 Å². The number of aromatic hydroxyl groups is 1. The number of nitrogens with two attached hydrogens (primary N) is 1. The van der Waals surface area contributed by atoms with Crippen LogP contribution in [0, 0.1) is 11.3 Å². The quantitative estimate of drug-likeness (QED) is 0.431. The molecule has 1 fully saturated rings. The molecule has 0 radical (unpaired) electrons. The number of carbonyl (C=O) groups excluding carboxylic acids is 2. The van der Waals surface area contributed by atoms with Gasteiger partial charge >= 0.3 is 0 Å². The fraction of sp³-hybridized carbons (Fsp3) is 0.318. The molecule has 2 aromatic rings. The minimum absolute atomic E-state index is 0.00558. The zero-order chi connectivity index (χ0) is 24.0. The van der Waals surface area contributed by atoms with E-state index in [1.54, 1.807) is 36.4 Å². The van der Waals surface area contributed by atoms with Crippen LogP contribution in [0.15, 0.2) is 48.5 Å². The van der Waals surface area contributed by atoms with Crippen molar-refractivity contribution in [3.05, 3.63) is 65.2 Å². The second-order valence-electron chi connectivity index (χ2n) is 7.80. The molecular formula is C22H25N5O5S. The van der Waals surface area contributed by atoms with E-state index in [4.69, 9.17) is 10.4 Å². The molecule has 2 amide bonds. The van der Waals surface area contributed by atoms with Gasteiger partial charge in [-0.05, 0) is 54.7 Å². The number of amides is 2. The van der Waals surface area contributed by atoms with Crippen LogP contribution < -0.4 is 15.2 Å². The number of hydrogen-bond donors (Lipinski definition) is 4. The Bertz CT molecular complexity index is 1140. The molecule has 0 bridgehead atoms. The molecule has 1 heterocycles. The minimum Gasteiger partial charge on any atom is -0.508 e. The number of carbonyl (C=O) groups is 2. The molecule has 0 unspecified atom stereocenters. The van der Waals surface area contributed by atoms with Gasteiger partial charge in [-0.3, -0.25) is 9.59 Å². The summed E-state index contributed by atoms with van der Waals surface area (Å²) in [6.45, 7) is 0.543. The van der Waals surface area contributed by atoms with Gasteiger partial charge in [-0.15, -0.1) is 0 Å². The molecule has 1 aliphatic heterocycles. The van der Waals surface area contributed by atoms with Crippen LogP contribution in [0.2, 0.25) is 0 Å². The van der Waals surface area contributed by atoms with Gasteiger partial charge in [-0.25, -0.2) is 5.14 Å². The van der Waals surface area contributed by atoms with Crippen LogP contribution in [0.4, 0.5) is 0 Å². The third kappa shape index (κ3) is 6.76. The van der Waals surface area contributed by atoms with Crippen LogP contribution in [-0.2, 0) is 32.8 Å². The third-order valence-electron chi connectivity index (χ3n) is 5.37. The van der Waals surface area contributed by atoms with Crippen molar-refractivity contribution in [2.24, 2.45) is 5.14 Å². The smallest absolute Gasteiger partial charge is 0.275 e. The lowest BCUT2D eigenvalue weighted by Crippen LogP contribution is -2.55. The highest BCUT2D eigenvalue weighted by molar-refractivity contribution is 7.87. The van der Waals surface area contributed by atoms with E-state index in [2.05, 4.69) is 10.0 Å². The summed E-state index contributed by atoms with van der Waals surface area (Å²) < 4.78 is 25.5. The van der Waals surface area contributed by atoms with Gasteiger partial charge in [0.15, 0.2) is 0 Å². The molecule has 1 saturated heterocycles. The number of phenolic OH excluding ortho intramolecular Hbond substituents is 1. The fourth-order valence-electron chi connectivity index (χ4n) is 3.75. The molecule has 0 aromatic heterocycles. The Morgan fingerprint density at radius 2 is 1.79 bits per heavy atom. The van der Waals surface area contributed by atoms with E-state index in [0.717, 1.165) is 5.56 Å². The summed E-state index contributed by atoms with van der Waals surface area (Å²) in [5.41, 5.74) is 1.93. The van der Waals surface area contributed by atoms with E-state index in [1.165, 1.54) is 17.0 Å². The highest BCUT2D eigenvalue weighted by atomic mass is 32.2. The number of likely N-dealkylation sites (tertiary alicyclic amines) is 1. The van der Waals surface area contributed by atoms with Crippen molar-refractivity contribution in [3.8, 4) is 11.8 Å². The van der Waals surface area contributed by atoms with E-state index in [0.29, 0.717) is 30.5 Å². The van der Waals surface area contributed by atoms with Crippen LogP contribution in [0.1, 0.15) is 29.5 Å². The molecular weight excluding hydrogens is 446 g/mol. The van der Waals surface area contributed by atoms with Gasteiger partial charge in [0.1, 0.15) is 17.8 Å². The van der Waals surface area contributed by atoms with E-state index in [1.807, 2.05) is 6.07 Å². The van der Waals surface area contributed by atoms with Crippen molar-refractivity contribution in [1.82, 2.24) is 14.9 Å². The summed E-state index contributed by atoms with van der Waals surface area (Å²) in [5, 5.41) is 26.2. The zero-order valence-electron chi connectivity index (χ0n) is 17.8. The molecule has 1 aliphatic rings. The van der Waals surface area contributed by atoms with E-state index in [-0.39, 0.29) is 24.6 Å². The van der Waals surface area contributed by atoms with Gasteiger partial charge in [0.25, 0.3) is 10.2 Å². The first-order valence-electron chi connectivity index (χ1n) is 10.3. The molecule has 0 spiro atoms. The van der Waals surface area contributed by atoms with Crippen molar-refractivity contribution in [2.75, 3.05) is 6.54 Å². The molecule has 11 heteroatoms. The molecule has 3 rings (SSSR count). The third-order valence-corrected chi connectivity index (χ3v) is 5.98. The lowest BCUT2D eigenvalue weighted by molar-refractivity contribution is -0.139. The monoisotopic (exact) mass is 471 g/mol. The Morgan fingerprint density at radius 1 is 1.15 bits per heavy atom. The molecule has 0 saturated carbocycles. The van der Waals surface area contributed by atoms with Crippen LogP contribution in [0.25, 0.3) is 0 Å². The second kappa shape index (κ2) is 10.4. The number of benzene rings is 2. The summed E-state index contributed by atoms with van der Waals surface area (Å²) in [6, 6.07) is 12.9. The Balaban J connectivity index is 1.70. The number of nitrogens with one attached hydrogen (secondary N) is 2. The van der Waals surface area contributed by atoms with Crippen LogP contribution in [0.5, 0.6) is 5.75 Å². The number of rotatable bonds is 8. The maximum absolute atomic E-state index is 13.2. The largest absolute Gasteiger partial charge is 0.508 e. The summed E-state index contributed by atoms with van der Waals surface area (Å²) in [4.78, 5) is 27.4. The Hall–Kier alpha value is -3.46. The molecule has 0 aliphatic carbocycles. The normalized spacial score (nSPS) is 16.7. The number of phenols is 1. The molecule has 174 valence electrons. The maximum atomic E-state index is 13.2. The van der Waals surface area contributed by atoms with E-state index < -0.39 is 28.2 Å². The van der Waals surface area contributed by atoms with Gasteiger partial charge in [-0.1, -0.05) is 24.3 Å². The van der Waals surface area contributed by atoms with Gasteiger partial charge < -0.3 is 15.3 Å². The van der Waals surface area contributed by atoms with Crippen molar-refractivity contribution in [2.45, 2.75) is 37.9 Å². The molecule has 2 aromatic carbocycles. The first kappa shape index (κ1) is 24.2. The van der Waals surface area contributed by atoms with Gasteiger partial charge in [0.05, 0.1) is 11.6 Å². The predicted octanol–water partition coefficient (Wildman–Crippen LogP) is 0.275. The van der Waals surface area contributed by atoms with Crippen LogP contribution in [-0.4, -0.2) is 48.9 Å². The summed E-state index contributed by atoms with van der Waals surface area (Å²) in [5.74, 6) is -0.850. The summed E-state index contributed by atoms with van der Waals surface area (Å²) in [7, 11) is -4.19. The first-order valence-corrected chi connectivity index (χ1v) is 11.9. The van der Waals surface area contributed by atoms with Crippen molar-refractivity contribution in [3.63, 3.8) is 0 Å². The predicted molar refractivity (Wildman–Crippen MR) is 120 cm³/mol. The fourth-order valence-corrected chi connectivity index (χ4v) is 4.33. The van der Waals surface area contributed by atoms with Gasteiger partial charge in [0.2, 0.25) is 11.8 Å². The first-order chi connectivity index (χ1) is 15.7. The lowest BCUT2D eigenvalue weighted by atomic mass is 10.0. The number of hydrogen-bond acceptors (Lipinski definition) is 6. The molecule has 5 N–H and O–H groups in total. The SMILES string of the molecule is N#Cc1ccc(CNC(=O)[C@@H]2CCCN2C(=O)[C@@H](Cc2ccc(O)cc2)NS(N)(=O)=O)cc1. The van der Waals surface area contributed by atoms with Crippen molar-refractivity contribution in [1.29, 1.82) is 5.26 Å². The number of nitriles is 1. The van der Waals surface area contributed by atoms with Gasteiger partial charge in [0, 0.05) is 13.1 Å². The van der Waals surface area contributed by atoms with Crippen LogP contribution in [0.3, 0.4) is 0 Å².